The van der Waals surface area contributed by atoms with E-state index in [1.807, 2.05) is 34.9 Å². The van der Waals surface area contributed by atoms with Crippen molar-refractivity contribution in [3.05, 3.63) is 64.3 Å². The molecule has 3 rings (SSSR count). The molecule has 2 aromatic heterocycles. The van der Waals surface area contributed by atoms with Crippen molar-refractivity contribution in [1.82, 2.24) is 14.8 Å². The predicted octanol–water partition coefficient (Wildman–Crippen LogP) is 4.52. The summed E-state index contributed by atoms with van der Waals surface area (Å²) in [5, 5.41) is 10.2. The first-order chi connectivity index (χ1) is 10.2. The maximum absolute atomic E-state index is 6.17. The summed E-state index contributed by atoms with van der Waals surface area (Å²) in [6.45, 7) is 0.596. The van der Waals surface area contributed by atoms with Gasteiger partial charge in [0.25, 0.3) is 0 Å². The first kappa shape index (κ1) is 14.5. The third kappa shape index (κ3) is 3.43. The summed E-state index contributed by atoms with van der Waals surface area (Å²) in [6.07, 6.45) is 3.33. The Hall–Kier alpha value is -1.43. The second-order valence-electron chi connectivity index (χ2n) is 4.31. The highest BCUT2D eigenvalue weighted by atomic mass is 35.5. The molecule has 3 aromatic rings. The standard InChI is InChI=1S/C14H11Cl2N3OS/c15-12-4-1-5-13(16)11(12)8-21-14-18-17-9-19(14)7-10-3-2-6-20-10/h1-6,9H,7-8H2. The Balaban J connectivity index is 1.73. The summed E-state index contributed by atoms with van der Waals surface area (Å²) < 4.78 is 7.26. The second kappa shape index (κ2) is 6.56. The summed E-state index contributed by atoms with van der Waals surface area (Å²) in [7, 11) is 0. The Bertz CT molecular complexity index is 707. The minimum Gasteiger partial charge on any atom is -0.467 e. The third-order valence-electron chi connectivity index (χ3n) is 2.89. The van der Waals surface area contributed by atoms with Crippen LogP contribution in [0.3, 0.4) is 0 Å². The van der Waals surface area contributed by atoms with Gasteiger partial charge < -0.3 is 8.98 Å². The number of thioether (sulfide) groups is 1. The van der Waals surface area contributed by atoms with Gasteiger partial charge in [-0.2, -0.15) is 0 Å². The summed E-state index contributed by atoms with van der Waals surface area (Å²) in [4.78, 5) is 0. The number of nitrogens with zero attached hydrogens (tertiary/aromatic N) is 3. The third-order valence-corrected chi connectivity index (χ3v) is 4.61. The van der Waals surface area contributed by atoms with Gasteiger partial charge in [-0.05, 0) is 29.8 Å². The fraction of sp³-hybridized carbons (Fsp3) is 0.143. The van der Waals surface area contributed by atoms with Gasteiger partial charge in [-0.3, -0.25) is 0 Å². The summed E-state index contributed by atoms with van der Waals surface area (Å²) in [6, 6.07) is 9.27. The monoisotopic (exact) mass is 339 g/mol. The molecule has 0 amide bonds. The maximum Gasteiger partial charge on any atom is 0.191 e. The minimum atomic E-state index is 0.596. The molecular weight excluding hydrogens is 329 g/mol. The number of halogens is 2. The fourth-order valence-corrected chi connectivity index (χ4v) is 3.50. The zero-order valence-corrected chi connectivity index (χ0v) is 13.2. The van der Waals surface area contributed by atoms with Crippen molar-refractivity contribution in [3.8, 4) is 0 Å². The normalized spacial score (nSPS) is 11.0. The lowest BCUT2D eigenvalue weighted by Gasteiger charge is -2.07. The summed E-state index contributed by atoms with van der Waals surface area (Å²) >= 11 is 13.9. The van der Waals surface area contributed by atoms with E-state index in [1.54, 1.807) is 12.6 Å². The zero-order valence-electron chi connectivity index (χ0n) is 10.9. The number of aromatic nitrogens is 3. The topological polar surface area (TPSA) is 43.9 Å². The Kier molecular flexibility index (Phi) is 4.53. The van der Waals surface area contributed by atoms with Crippen LogP contribution in [-0.4, -0.2) is 14.8 Å². The first-order valence-electron chi connectivity index (χ1n) is 6.20. The highest BCUT2D eigenvalue weighted by Crippen LogP contribution is 2.30. The van der Waals surface area contributed by atoms with Crippen LogP contribution in [0.1, 0.15) is 11.3 Å². The molecule has 0 aliphatic rings. The molecule has 0 saturated carbocycles. The van der Waals surface area contributed by atoms with E-state index in [0.717, 1.165) is 16.5 Å². The number of benzene rings is 1. The summed E-state index contributed by atoms with van der Waals surface area (Å²) in [5.41, 5.74) is 0.901. The Morgan fingerprint density at radius 2 is 1.95 bits per heavy atom. The highest BCUT2D eigenvalue weighted by molar-refractivity contribution is 7.98. The molecule has 108 valence electrons. The molecule has 0 radical (unpaired) electrons. The van der Waals surface area contributed by atoms with E-state index in [9.17, 15) is 0 Å². The van der Waals surface area contributed by atoms with Crippen LogP contribution >= 0.6 is 35.0 Å². The van der Waals surface area contributed by atoms with Crippen molar-refractivity contribution in [2.75, 3.05) is 0 Å². The lowest BCUT2D eigenvalue weighted by molar-refractivity contribution is 0.484. The van der Waals surface area contributed by atoms with E-state index >= 15 is 0 Å². The van der Waals surface area contributed by atoms with Gasteiger partial charge >= 0.3 is 0 Å². The lowest BCUT2D eigenvalue weighted by atomic mass is 10.2. The van der Waals surface area contributed by atoms with Gasteiger partial charge in [0.2, 0.25) is 0 Å². The Morgan fingerprint density at radius 3 is 2.67 bits per heavy atom. The van der Waals surface area contributed by atoms with Gasteiger partial charge in [0.1, 0.15) is 12.1 Å². The van der Waals surface area contributed by atoms with Crippen LogP contribution in [0.2, 0.25) is 10.0 Å². The molecule has 1 aromatic carbocycles. The van der Waals surface area contributed by atoms with Crippen molar-refractivity contribution in [2.45, 2.75) is 17.5 Å². The van der Waals surface area contributed by atoms with Gasteiger partial charge in [0.05, 0.1) is 12.8 Å². The zero-order chi connectivity index (χ0) is 14.7. The van der Waals surface area contributed by atoms with Gasteiger partial charge in [0, 0.05) is 15.8 Å². The van der Waals surface area contributed by atoms with Crippen LogP contribution in [0, 0.1) is 0 Å². The molecule has 0 aliphatic carbocycles. The number of furan rings is 1. The Labute approximate surface area is 136 Å². The van der Waals surface area contributed by atoms with Gasteiger partial charge in [-0.15, -0.1) is 10.2 Å². The highest BCUT2D eigenvalue weighted by Gasteiger charge is 2.11. The van der Waals surface area contributed by atoms with Gasteiger partial charge in [-0.1, -0.05) is 41.0 Å². The van der Waals surface area contributed by atoms with Crippen molar-refractivity contribution in [3.63, 3.8) is 0 Å². The van der Waals surface area contributed by atoms with Crippen molar-refractivity contribution in [1.29, 1.82) is 0 Å². The molecule has 7 heteroatoms. The number of hydrogen-bond donors (Lipinski definition) is 0. The molecular formula is C14H11Cl2N3OS. The van der Waals surface area contributed by atoms with Gasteiger partial charge in [0.15, 0.2) is 5.16 Å². The minimum absolute atomic E-state index is 0.596. The van der Waals surface area contributed by atoms with Crippen LogP contribution < -0.4 is 0 Å². The molecule has 0 unspecified atom stereocenters. The molecule has 0 bridgehead atoms. The SMILES string of the molecule is Clc1cccc(Cl)c1CSc1nncn1Cc1ccco1. The molecule has 4 nitrogen and oxygen atoms in total. The van der Waals surface area contributed by atoms with E-state index in [4.69, 9.17) is 27.6 Å². The van der Waals surface area contributed by atoms with Crippen molar-refractivity contribution in [2.24, 2.45) is 0 Å². The molecule has 0 saturated heterocycles. The van der Waals surface area contributed by atoms with Crippen molar-refractivity contribution < 1.29 is 4.42 Å². The first-order valence-corrected chi connectivity index (χ1v) is 7.94. The average Bonchev–Trinajstić information content (AvgIpc) is 3.11. The average molecular weight is 340 g/mol. The van der Waals surface area contributed by atoms with E-state index in [1.165, 1.54) is 11.8 Å². The van der Waals surface area contributed by atoms with Crippen LogP contribution in [0.25, 0.3) is 0 Å². The van der Waals surface area contributed by atoms with E-state index < -0.39 is 0 Å². The molecule has 0 N–H and O–H groups in total. The summed E-state index contributed by atoms with van der Waals surface area (Å²) in [5.74, 6) is 1.49. The van der Waals surface area contributed by atoms with E-state index in [2.05, 4.69) is 10.2 Å². The largest absolute Gasteiger partial charge is 0.467 e. The molecule has 0 atom stereocenters. The smallest absolute Gasteiger partial charge is 0.191 e. The van der Waals surface area contributed by atoms with Crippen LogP contribution in [0.4, 0.5) is 0 Å². The van der Waals surface area contributed by atoms with Crippen LogP contribution in [0.15, 0.2) is 52.5 Å². The second-order valence-corrected chi connectivity index (χ2v) is 6.07. The molecule has 0 aliphatic heterocycles. The Morgan fingerprint density at radius 1 is 1.14 bits per heavy atom. The number of rotatable bonds is 5. The molecule has 2 heterocycles. The molecule has 0 spiro atoms. The molecule has 21 heavy (non-hydrogen) atoms. The number of hydrogen-bond acceptors (Lipinski definition) is 4. The van der Waals surface area contributed by atoms with Crippen LogP contribution in [0.5, 0.6) is 0 Å². The fourth-order valence-electron chi connectivity index (χ4n) is 1.84. The van der Waals surface area contributed by atoms with Crippen LogP contribution in [-0.2, 0) is 12.3 Å². The predicted molar refractivity (Wildman–Crippen MR) is 83.9 cm³/mol. The van der Waals surface area contributed by atoms with E-state index in [0.29, 0.717) is 22.3 Å². The quantitative estimate of drug-likeness (QED) is 0.641. The van der Waals surface area contributed by atoms with E-state index in [-0.39, 0.29) is 0 Å². The van der Waals surface area contributed by atoms with Crippen molar-refractivity contribution >= 4 is 35.0 Å². The lowest BCUT2D eigenvalue weighted by Crippen LogP contribution is -1.99. The maximum atomic E-state index is 6.17. The van der Waals surface area contributed by atoms with Gasteiger partial charge in [-0.25, -0.2) is 0 Å². The molecule has 0 fully saturated rings.